The topological polar surface area (TPSA) is 50.9 Å². The minimum atomic E-state index is -0.284. The van der Waals surface area contributed by atoms with E-state index in [1.807, 2.05) is 13.8 Å². The average molecular weight is 227 g/mol. The van der Waals surface area contributed by atoms with Gasteiger partial charge in [-0.15, -0.1) is 0 Å². The number of hydrogen-bond donors (Lipinski definition) is 1. The maximum absolute atomic E-state index is 11.4. The molecule has 1 saturated carbocycles. The molecule has 4 atom stereocenters. The van der Waals surface area contributed by atoms with E-state index in [0.717, 1.165) is 25.7 Å². The number of fused-ring (bicyclic) bond motifs is 1. The molecule has 0 radical (unpaired) electrons. The van der Waals surface area contributed by atoms with Crippen LogP contribution in [0.5, 0.6) is 0 Å². The Morgan fingerprint density at radius 1 is 1.50 bits per heavy atom. The van der Waals surface area contributed by atoms with E-state index in [1.165, 1.54) is 0 Å². The number of hydrogen-bond acceptors (Lipinski definition) is 3. The molecule has 4 nitrogen and oxygen atoms in total. The fourth-order valence-electron chi connectivity index (χ4n) is 2.18. The van der Waals surface area contributed by atoms with Crippen LogP contribution in [0.2, 0.25) is 0 Å². The van der Waals surface area contributed by atoms with E-state index in [9.17, 15) is 4.79 Å². The third-order valence-corrected chi connectivity index (χ3v) is 3.54. The molecule has 0 spiro atoms. The highest BCUT2D eigenvalue weighted by molar-refractivity contribution is 5.67. The first-order chi connectivity index (χ1) is 7.69. The SMILES string of the molecule is CCC(C)NC(=O)OCC1CCC2OC2C1. The van der Waals surface area contributed by atoms with Crippen molar-refractivity contribution in [1.82, 2.24) is 5.32 Å². The number of ether oxygens (including phenoxy) is 2. The van der Waals surface area contributed by atoms with Gasteiger partial charge in [-0.05, 0) is 38.5 Å². The molecule has 1 saturated heterocycles. The molecule has 2 aliphatic rings. The van der Waals surface area contributed by atoms with Gasteiger partial charge in [0.05, 0.1) is 18.8 Å². The first-order valence-electron chi connectivity index (χ1n) is 6.27. The molecule has 0 aromatic rings. The highest BCUT2D eigenvalue weighted by Gasteiger charge is 2.43. The summed E-state index contributed by atoms with van der Waals surface area (Å²) in [6.45, 7) is 4.55. The number of alkyl carbamates (subject to hydrolysis) is 1. The second-order valence-electron chi connectivity index (χ2n) is 4.94. The molecule has 1 amide bonds. The van der Waals surface area contributed by atoms with Gasteiger partial charge in [-0.25, -0.2) is 4.79 Å². The van der Waals surface area contributed by atoms with Crippen LogP contribution < -0.4 is 5.32 Å². The van der Waals surface area contributed by atoms with Crippen molar-refractivity contribution >= 4 is 6.09 Å². The lowest BCUT2D eigenvalue weighted by Gasteiger charge is -2.19. The van der Waals surface area contributed by atoms with E-state index >= 15 is 0 Å². The molecule has 16 heavy (non-hydrogen) atoms. The van der Waals surface area contributed by atoms with Crippen molar-refractivity contribution in [1.29, 1.82) is 0 Å². The summed E-state index contributed by atoms with van der Waals surface area (Å²) in [4.78, 5) is 11.4. The Balaban J connectivity index is 1.61. The molecule has 1 aliphatic heterocycles. The van der Waals surface area contributed by atoms with E-state index in [-0.39, 0.29) is 12.1 Å². The summed E-state index contributed by atoms with van der Waals surface area (Å²) in [7, 11) is 0. The smallest absolute Gasteiger partial charge is 0.407 e. The second-order valence-corrected chi connectivity index (χ2v) is 4.94. The third kappa shape index (κ3) is 3.11. The first-order valence-corrected chi connectivity index (χ1v) is 6.27. The highest BCUT2D eigenvalue weighted by Crippen LogP contribution is 2.39. The lowest BCUT2D eigenvalue weighted by Crippen LogP contribution is -2.34. The van der Waals surface area contributed by atoms with Crippen molar-refractivity contribution in [3.8, 4) is 0 Å². The van der Waals surface area contributed by atoms with Crippen LogP contribution in [-0.2, 0) is 9.47 Å². The Morgan fingerprint density at radius 3 is 3.00 bits per heavy atom. The minimum absolute atomic E-state index is 0.190. The molecule has 4 unspecified atom stereocenters. The Bertz CT molecular complexity index is 257. The molecule has 1 N–H and O–H groups in total. The highest BCUT2D eigenvalue weighted by atomic mass is 16.6. The predicted octanol–water partition coefficient (Wildman–Crippen LogP) is 2.08. The maximum Gasteiger partial charge on any atom is 0.407 e. The average Bonchev–Trinajstić information content (AvgIpc) is 3.04. The molecule has 2 rings (SSSR count). The van der Waals surface area contributed by atoms with Crippen molar-refractivity contribution in [2.45, 2.75) is 57.8 Å². The molecule has 92 valence electrons. The zero-order chi connectivity index (χ0) is 11.5. The number of amides is 1. The fraction of sp³-hybridized carbons (Fsp3) is 0.917. The first kappa shape index (κ1) is 11.7. The van der Waals surface area contributed by atoms with Gasteiger partial charge in [-0.1, -0.05) is 6.92 Å². The Hall–Kier alpha value is -0.770. The number of epoxide rings is 1. The van der Waals surface area contributed by atoms with E-state index in [0.29, 0.717) is 24.7 Å². The van der Waals surface area contributed by atoms with Crippen LogP contribution in [0.25, 0.3) is 0 Å². The van der Waals surface area contributed by atoms with E-state index < -0.39 is 0 Å². The van der Waals surface area contributed by atoms with Crippen LogP contribution in [0.3, 0.4) is 0 Å². The van der Waals surface area contributed by atoms with Gasteiger partial charge in [0.15, 0.2) is 0 Å². The van der Waals surface area contributed by atoms with Crippen LogP contribution in [0.1, 0.15) is 39.5 Å². The predicted molar refractivity (Wildman–Crippen MR) is 60.2 cm³/mol. The monoisotopic (exact) mass is 227 g/mol. The molecule has 4 heteroatoms. The molecule has 0 bridgehead atoms. The summed E-state index contributed by atoms with van der Waals surface area (Å²) < 4.78 is 10.7. The van der Waals surface area contributed by atoms with Crippen LogP contribution >= 0.6 is 0 Å². The van der Waals surface area contributed by atoms with Crippen LogP contribution in [0, 0.1) is 5.92 Å². The normalized spacial score (nSPS) is 33.8. The second kappa shape index (κ2) is 5.04. The number of rotatable bonds is 4. The van der Waals surface area contributed by atoms with Crippen molar-refractivity contribution in [3.63, 3.8) is 0 Å². The summed E-state index contributed by atoms with van der Waals surface area (Å²) in [5.41, 5.74) is 0. The molecular weight excluding hydrogens is 206 g/mol. The quantitative estimate of drug-likeness (QED) is 0.748. The lowest BCUT2D eigenvalue weighted by atomic mass is 9.90. The van der Waals surface area contributed by atoms with E-state index in [4.69, 9.17) is 9.47 Å². The standard InChI is InChI=1S/C12H21NO3/c1-3-8(2)13-12(14)15-7-9-4-5-10-11(6-9)16-10/h8-11H,3-7H2,1-2H3,(H,13,14). The number of carbonyl (C=O) groups is 1. The summed E-state index contributed by atoms with van der Waals surface area (Å²) in [6, 6.07) is 0.190. The van der Waals surface area contributed by atoms with Gasteiger partial charge in [0, 0.05) is 6.04 Å². The molecular formula is C12H21NO3. The van der Waals surface area contributed by atoms with Gasteiger partial charge in [0.2, 0.25) is 0 Å². The largest absolute Gasteiger partial charge is 0.449 e. The molecule has 1 heterocycles. The Labute approximate surface area is 96.7 Å². The van der Waals surface area contributed by atoms with E-state index in [2.05, 4.69) is 5.32 Å². The van der Waals surface area contributed by atoms with Gasteiger partial charge in [-0.2, -0.15) is 0 Å². The molecule has 0 aromatic carbocycles. The van der Waals surface area contributed by atoms with Crippen LogP contribution in [-0.4, -0.2) is 30.9 Å². The van der Waals surface area contributed by atoms with Gasteiger partial charge in [0.1, 0.15) is 0 Å². The van der Waals surface area contributed by atoms with Gasteiger partial charge in [0.25, 0.3) is 0 Å². The van der Waals surface area contributed by atoms with E-state index in [1.54, 1.807) is 0 Å². The van der Waals surface area contributed by atoms with Crippen LogP contribution in [0.4, 0.5) is 4.79 Å². The zero-order valence-corrected chi connectivity index (χ0v) is 10.1. The Kier molecular flexibility index (Phi) is 3.69. The Morgan fingerprint density at radius 2 is 2.31 bits per heavy atom. The molecule has 0 aromatic heterocycles. The van der Waals surface area contributed by atoms with Crippen LogP contribution in [0.15, 0.2) is 0 Å². The van der Waals surface area contributed by atoms with Crippen molar-refractivity contribution in [3.05, 3.63) is 0 Å². The summed E-state index contributed by atoms with van der Waals surface area (Å²) in [5.74, 6) is 0.492. The van der Waals surface area contributed by atoms with Crippen molar-refractivity contribution in [2.75, 3.05) is 6.61 Å². The zero-order valence-electron chi connectivity index (χ0n) is 10.1. The lowest BCUT2D eigenvalue weighted by molar-refractivity contribution is 0.115. The van der Waals surface area contributed by atoms with Crippen molar-refractivity contribution < 1.29 is 14.3 Å². The number of carbonyl (C=O) groups excluding carboxylic acids is 1. The third-order valence-electron chi connectivity index (χ3n) is 3.54. The number of nitrogens with one attached hydrogen (secondary N) is 1. The van der Waals surface area contributed by atoms with Gasteiger partial charge >= 0.3 is 6.09 Å². The van der Waals surface area contributed by atoms with Gasteiger partial charge in [-0.3, -0.25) is 0 Å². The minimum Gasteiger partial charge on any atom is -0.449 e. The summed E-state index contributed by atoms with van der Waals surface area (Å²) >= 11 is 0. The van der Waals surface area contributed by atoms with Crippen molar-refractivity contribution in [2.24, 2.45) is 5.92 Å². The summed E-state index contributed by atoms with van der Waals surface area (Å²) in [5, 5.41) is 2.80. The fourth-order valence-corrected chi connectivity index (χ4v) is 2.18. The molecule has 2 fully saturated rings. The van der Waals surface area contributed by atoms with Gasteiger partial charge < -0.3 is 14.8 Å². The molecule has 1 aliphatic carbocycles. The summed E-state index contributed by atoms with van der Waals surface area (Å²) in [6.07, 6.45) is 4.93. The maximum atomic E-state index is 11.4.